The Labute approximate surface area is 180 Å². The van der Waals surface area contributed by atoms with Gasteiger partial charge in [-0.3, -0.25) is 9.79 Å². The third-order valence-electron chi connectivity index (χ3n) is 5.33. The minimum Gasteiger partial charge on any atom is -0.466 e. The van der Waals surface area contributed by atoms with Gasteiger partial charge >= 0.3 is 5.97 Å². The van der Waals surface area contributed by atoms with Crippen molar-refractivity contribution in [2.75, 3.05) is 33.8 Å². The molecule has 2 rings (SSSR count). The number of likely N-dealkylation sites (tertiary alicyclic amines) is 1. The Morgan fingerprint density at radius 1 is 1.33 bits per heavy atom. The summed E-state index contributed by atoms with van der Waals surface area (Å²) in [5.41, 5.74) is 0.946. The zero-order chi connectivity index (χ0) is 22.3. The molecule has 0 aliphatic carbocycles. The van der Waals surface area contributed by atoms with E-state index in [9.17, 15) is 13.2 Å². The highest BCUT2D eigenvalue weighted by atomic mass is 32.2. The Hall–Kier alpha value is -2.13. The van der Waals surface area contributed by atoms with Gasteiger partial charge in [-0.05, 0) is 51.3 Å². The van der Waals surface area contributed by atoms with E-state index in [-0.39, 0.29) is 22.8 Å². The van der Waals surface area contributed by atoms with Gasteiger partial charge in [0, 0.05) is 39.8 Å². The normalized spacial score (nSPS) is 18.0. The fourth-order valence-electron chi connectivity index (χ4n) is 3.36. The SMILES string of the molecule is CCOC(=O)C1CCCN(C(=NC)NCc2ccc(S(=O)(=O)N(C)C(C)C)cc2)C1. The highest BCUT2D eigenvalue weighted by Crippen LogP contribution is 2.19. The maximum Gasteiger partial charge on any atom is 0.310 e. The Bertz CT molecular complexity index is 837. The standard InChI is InChI=1S/C21H34N4O4S/c1-6-29-20(26)18-8-7-13-25(15-18)21(22-4)23-14-17-9-11-19(12-10-17)30(27,28)24(5)16(2)3/h9-12,16,18H,6-8,13-15H2,1-5H3,(H,22,23). The molecule has 1 aromatic rings. The maximum absolute atomic E-state index is 12.6. The molecule has 1 unspecified atom stereocenters. The van der Waals surface area contributed by atoms with Crippen LogP contribution in [0.25, 0.3) is 0 Å². The summed E-state index contributed by atoms with van der Waals surface area (Å²) in [4.78, 5) is 18.8. The second-order valence-electron chi connectivity index (χ2n) is 7.70. The van der Waals surface area contributed by atoms with E-state index >= 15 is 0 Å². The van der Waals surface area contributed by atoms with Crippen molar-refractivity contribution in [1.82, 2.24) is 14.5 Å². The quantitative estimate of drug-likeness (QED) is 0.398. The van der Waals surface area contributed by atoms with E-state index in [0.717, 1.165) is 30.9 Å². The summed E-state index contributed by atoms with van der Waals surface area (Å²) in [6, 6.07) is 6.76. The number of carbonyl (C=O) groups is 1. The summed E-state index contributed by atoms with van der Waals surface area (Å²) < 4.78 is 31.7. The molecule has 1 aliphatic heterocycles. The van der Waals surface area contributed by atoms with Crippen LogP contribution in [0.5, 0.6) is 0 Å². The zero-order valence-electron chi connectivity index (χ0n) is 18.6. The molecule has 1 aliphatic rings. The molecule has 0 aromatic heterocycles. The van der Waals surface area contributed by atoms with Crippen LogP contribution in [0, 0.1) is 5.92 Å². The lowest BCUT2D eigenvalue weighted by Crippen LogP contribution is -2.48. The molecular weight excluding hydrogens is 404 g/mol. The monoisotopic (exact) mass is 438 g/mol. The molecule has 0 spiro atoms. The molecule has 1 aromatic carbocycles. The van der Waals surface area contributed by atoms with Crippen LogP contribution in [0.4, 0.5) is 0 Å². The molecule has 8 nitrogen and oxygen atoms in total. The van der Waals surface area contributed by atoms with Crippen LogP contribution in [0.3, 0.4) is 0 Å². The Balaban J connectivity index is 1.99. The molecule has 30 heavy (non-hydrogen) atoms. The van der Waals surface area contributed by atoms with Gasteiger partial charge in [0.25, 0.3) is 0 Å². The van der Waals surface area contributed by atoms with E-state index in [1.165, 1.54) is 4.31 Å². The lowest BCUT2D eigenvalue weighted by Gasteiger charge is -2.34. The molecule has 0 amide bonds. The number of hydrogen-bond acceptors (Lipinski definition) is 5. The highest BCUT2D eigenvalue weighted by Gasteiger charge is 2.28. The third-order valence-corrected chi connectivity index (χ3v) is 7.38. The number of aliphatic imine (C=N–C) groups is 1. The van der Waals surface area contributed by atoms with E-state index in [1.807, 2.05) is 20.8 Å². The molecule has 1 saturated heterocycles. The van der Waals surface area contributed by atoms with E-state index < -0.39 is 10.0 Å². The summed E-state index contributed by atoms with van der Waals surface area (Å²) in [5.74, 6) is 0.431. The first-order chi connectivity index (χ1) is 14.2. The van der Waals surface area contributed by atoms with Crippen molar-refractivity contribution in [3.05, 3.63) is 29.8 Å². The van der Waals surface area contributed by atoms with Gasteiger partial charge in [-0.25, -0.2) is 8.42 Å². The van der Waals surface area contributed by atoms with Gasteiger partial charge in [0.2, 0.25) is 10.0 Å². The first-order valence-electron chi connectivity index (χ1n) is 10.4. The van der Waals surface area contributed by atoms with Gasteiger partial charge in [-0.2, -0.15) is 4.31 Å². The van der Waals surface area contributed by atoms with Crippen LogP contribution in [0.1, 0.15) is 39.2 Å². The van der Waals surface area contributed by atoms with Gasteiger partial charge in [0.1, 0.15) is 0 Å². The van der Waals surface area contributed by atoms with E-state index in [1.54, 1.807) is 38.4 Å². The number of guanidine groups is 1. The molecule has 9 heteroatoms. The van der Waals surface area contributed by atoms with Crippen molar-refractivity contribution < 1.29 is 17.9 Å². The van der Waals surface area contributed by atoms with Crippen LogP contribution in [-0.4, -0.2) is 69.4 Å². The molecular formula is C21H34N4O4S. The summed E-state index contributed by atoms with van der Waals surface area (Å²) in [6.07, 6.45) is 1.73. The fraction of sp³-hybridized carbons (Fsp3) is 0.619. The predicted octanol–water partition coefficient (Wildman–Crippen LogP) is 2.07. The van der Waals surface area contributed by atoms with Crippen molar-refractivity contribution >= 4 is 22.0 Å². The largest absolute Gasteiger partial charge is 0.466 e. The number of hydrogen-bond donors (Lipinski definition) is 1. The van der Waals surface area contributed by atoms with Crippen molar-refractivity contribution in [3.8, 4) is 0 Å². The lowest BCUT2D eigenvalue weighted by atomic mass is 9.98. The lowest BCUT2D eigenvalue weighted by molar-refractivity contribution is -0.149. The topological polar surface area (TPSA) is 91.3 Å². The molecule has 168 valence electrons. The summed E-state index contributed by atoms with van der Waals surface area (Å²) in [5, 5.41) is 3.31. The number of sulfonamides is 1. The third kappa shape index (κ3) is 5.95. The van der Waals surface area contributed by atoms with Crippen molar-refractivity contribution in [1.29, 1.82) is 0 Å². The van der Waals surface area contributed by atoms with Gasteiger partial charge in [-0.1, -0.05) is 12.1 Å². The minimum absolute atomic E-state index is 0.109. The number of carbonyl (C=O) groups excluding carboxylic acids is 1. The van der Waals surface area contributed by atoms with Crippen molar-refractivity contribution in [3.63, 3.8) is 0 Å². The van der Waals surface area contributed by atoms with Crippen LogP contribution in [-0.2, 0) is 26.1 Å². The predicted molar refractivity (Wildman–Crippen MR) is 118 cm³/mol. The van der Waals surface area contributed by atoms with Crippen LogP contribution in [0.15, 0.2) is 34.2 Å². The first kappa shape index (κ1) is 24.1. The first-order valence-corrected chi connectivity index (χ1v) is 11.8. The zero-order valence-corrected chi connectivity index (χ0v) is 19.4. The number of benzene rings is 1. The van der Waals surface area contributed by atoms with Gasteiger partial charge in [-0.15, -0.1) is 0 Å². The molecule has 0 saturated carbocycles. The number of nitrogens with zero attached hydrogens (tertiary/aromatic N) is 3. The van der Waals surface area contributed by atoms with Crippen LogP contribution >= 0.6 is 0 Å². The average molecular weight is 439 g/mol. The van der Waals surface area contributed by atoms with Crippen LogP contribution < -0.4 is 5.32 Å². The summed E-state index contributed by atoms with van der Waals surface area (Å²) in [6.45, 7) is 7.81. The molecule has 0 radical (unpaired) electrons. The Morgan fingerprint density at radius 3 is 2.57 bits per heavy atom. The van der Waals surface area contributed by atoms with E-state index in [4.69, 9.17) is 4.74 Å². The number of ether oxygens (including phenoxy) is 1. The van der Waals surface area contributed by atoms with Gasteiger partial charge in [0.05, 0.1) is 17.4 Å². The average Bonchev–Trinajstić information content (AvgIpc) is 2.74. The summed E-state index contributed by atoms with van der Waals surface area (Å²) >= 11 is 0. The molecule has 0 bridgehead atoms. The van der Waals surface area contributed by atoms with Crippen LogP contribution in [0.2, 0.25) is 0 Å². The number of rotatable bonds is 7. The van der Waals surface area contributed by atoms with Gasteiger partial charge in [0.15, 0.2) is 5.96 Å². The molecule has 1 heterocycles. The maximum atomic E-state index is 12.6. The Kier molecular flexibility index (Phi) is 8.66. The second-order valence-corrected chi connectivity index (χ2v) is 9.69. The van der Waals surface area contributed by atoms with Crippen molar-refractivity contribution in [2.24, 2.45) is 10.9 Å². The van der Waals surface area contributed by atoms with E-state index in [2.05, 4.69) is 15.2 Å². The molecule has 1 fully saturated rings. The number of esters is 1. The van der Waals surface area contributed by atoms with Crippen molar-refractivity contribution in [2.45, 2.75) is 51.1 Å². The molecule has 1 N–H and O–H groups in total. The number of nitrogens with one attached hydrogen (secondary N) is 1. The highest BCUT2D eigenvalue weighted by molar-refractivity contribution is 7.89. The summed E-state index contributed by atoms with van der Waals surface area (Å²) in [7, 11) is -0.189. The Morgan fingerprint density at radius 2 is 2.00 bits per heavy atom. The molecule has 1 atom stereocenters. The minimum atomic E-state index is -3.49. The van der Waals surface area contributed by atoms with E-state index in [0.29, 0.717) is 19.7 Å². The van der Waals surface area contributed by atoms with Gasteiger partial charge < -0.3 is 15.0 Å². The number of piperidine rings is 1. The fourth-order valence-corrected chi connectivity index (χ4v) is 4.73. The second kappa shape index (κ2) is 10.8. The smallest absolute Gasteiger partial charge is 0.310 e.